The fourth-order valence-electron chi connectivity index (χ4n) is 2.56. The highest BCUT2D eigenvalue weighted by Gasteiger charge is 2.22. The van der Waals surface area contributed by atoms with Crippen molar-refractivity contribution in [3.63, 3.8) is 0 Å². The third-order valence-electron chi connectivity index (χ3n) is 3.06. The average Bonchev–Trinajstić information content (AvgIpc) is 2.06. The summed E-state index contributed by atoms with van der Waals surface area (Å²) in [6.45, 7) is 8.94. The summed E-state index contributed by atoms with van der Waals surface area (Å²) < 4.78 is 5.84. The Morgan fingerprint density at radius 2 is 1.57 bits per heavy atom. The zero-order valence-electron chi connectivity index (χ0n) is 10.3. The molecule has 0 N–H and O–H groups in total. The Labute approximate surface area is 89.2 Å². The van der Waals surface area contributed by atoms with E-state index in [1.54, 1.807) is 0 Å². The Balaban J connectivity index is 2.17. The lowest BCUT2D eigenvalue weighted by Crippen LogP contribution is -2.24. The van der Waals surface area contributed by atoms with Crippen molar-refractivity contribution in [3.8, 4) is 0 Å². The minimum Gasteiger partial charge on any atom is -0.376 e. The Morgan fingerprint density at radius 1 is 1.00 bits per heavy atom. The maximum atomic E-state index is 5.84. The highest BCUT2D eigenvalue weighted by molar-refractivity contribution is 4.74. The van der Waals surface area contributed by atoms with Gasteiger partial charge in [0.2, 0.25) is 0 Å². The van der Waals surface area contributed by atoms with Crippen LogP contribution in [0.4, 0.5) is 0 Å². The van der Waals surface area contributed by atoms with Gasteiger partial charge in [0.15, 0.2) is 0 Å². The van der Waals surface area contributed by atoms with Gasteiger partial charge in [0, 0.05) is 0 Å². The molecule has 0 aromatic carbocycles. The fraction of sp³-hybridized carbons (Fsp3) is 1.00. The molecule has 84 valence electrons. The fourth-order valence-corrected chi connectivity index (χ4v) is 2.56. The van der Waals surface area contributed by atoms with Gasteiger partial charge in [0.25, 0.3) is 0 Å². The molecule has 0 radical (unpaired) electrons. The highest BCUT2D eigenvalue weighted by atomic mass is 16.5. The number of hydrogen-bond acceptors (Lipinski definition) is 1. The van der Waals surface area contributed by atoms with E-state index in [0.717, 1.165) is 11.8 Å². The lowest BCUT2D eigenvalue weighted by atomic mass is 9.82. The van der Waals surface area contributed by atoms with Crippen molar-refractivity contribution in [2.24, 2.45) is 11.8 Å². The quantitative estimate of drug-likeness (QED) is 0.663. The van der Waals surface area contributed by atoms with Crippen molar-refractivity contribution in [1.29, 1.82) is 0 Å². The van der Waals surface area contributed by atoms with Crippen molar-refractivity contribution in [2.45, 2.75) is 72.0 Å². The molecule has 14 heavy (non-hydrogen) atoms. The van der Waals surface area contributed by atoms with Gasteiger partial charge >= 0.3 is 0 Å². The Kier molecular flexibility index (Phi) is 4.94. The van der Waals surface area contributed by atoms with E-state index in [-0.39, 0.29) is 0 Å². The molecule has 0 aliphatic heterocycles. The van der Waals surface area contributed by atoms with E-state index in [1.807, 2.05) is 0 Å². The van der Waals surface area contributed by atoms with Crippen molar-refractivity contribution in [2.75, 3.05) is 0 Å². The second-order valence-electron chi connectivity index (χ2n) is 5.46. The molecule has 0 spiro atoms. The standard InChI is InChI=1S/C13H26O/c1-10(2)9-12-5-7-13(8-6-12)14-11(3)4/h10-13H,5-9H2,1-4H3/t12-,13-. The average molecular weight is 198 g/mol. The molecule has 1 heteroatoms. The molecule has 0 aromatic rings. The second-order valence-corrected chi connectivity index (χ2v) is 5.46. The van der Waals surface area contributed by atoms with E-state index in [9.17, 15) is 0 Å². The number of rotatable bonds is 4. The summed E-state index contributed by atoms with van der Waals surface area (Å²) in [5.74, 6) is 1.84. The van der Waals surface area contributed by atoms with E-state index < -0.39 is 0 Å². The predicted molar refractivity (Wildman–Crippen MR) is 61.4 cm³/mol. The van der Waals surface area contributed by atoms with Crippen LogP contribution >= 0.6 is 0 Å². The molecule has 1 rings (SSSR count). The topological polar surface area (TPSA) is 9.23 Å². The van der Waals surface area contributed by atoms with E-state index in [0.29, 0.717) is 12.2 Å². The van der Waals surface area contributed by atoms with Gasteiger partial charge in [-0.1, -0.05) is 13.8 Å². The molecule has 1 aliphatic carbocycles. The number of ether oxygens (including phenoxy) is 1. The van der Waals surface area contributed by atoms with Crippen molar-refractivity contribution < 1.29 is 4.74 Å². The van der Waals surface area contributed by atoms with Crippen LogP contribution in [0.2, 0.25) is 0 Å². The van der Waals surface area contributed by atoms with Crippen LogP contribution in [-0.4, -0.2) is 12.2 Å². The van der Waals surface area contributed by atoms with Crippen LogP contribution in [-0.2, 0) is 4.74 Å². The van der Waals surface area contributed by atoms with Gasteiger partial charge in [0.1, 0.15) is 0 Å². The minimum atomic E-state index is 0.404. The molecule has 0 aromatic heterocycles. The first-order valence-corrected chi connectivity index (χ1v) is 6.23. The smallest absolute Gasteiger partial charge is 0.0578 e. The van der Waals surface area contributed by atoms with E-state index in [2.05, 4.69) is 27.7 Å². The van der Waals surface area contributed by atoms with Gasteiger partial charge in [-0.15, -0.1) is 0 Å². The maximum Gasteiger partial charge on any atom is 0.0578 e. The van der Waals surface area contributed by atoms with E-state index >= 15 is 0 Å². The molecule has 0 bridgehead atoms. The lowest BCUT2D eigenvalue weighted by molar-refractivity contribution is -0.0210. The molecule has 0 amide bonds. The first-order valence-electron chi connectivity index (χ1n) is 6.23. The Bertz CT molecular complexity index is 125. The van der Waals surface area contributed by atoms with Crippen LogP contribution in [0.25, 0.3) is 0 Å². The highest BCUT2D eigenvalue weighted by Crippen LogP contribution is 2.30. The molecule has 1 saturated carbocycles. The van der Waals surface area contributed by atoms with Crippen molar-refractivity contribution in [1.82, 2.24) is 0 Å². The molecule has 0 atom stereocenters. The van der Waals surface area contributed by atoms with Crippen molar-refractivity contribution >= 4 is 0 Å². The lowest BCUT2D eigenvalue weighted by Gasteiger charge is -2.30. The monoisotopic (exact) mass is 198 g/mol. The van der Waals surface area contributed by atoms with Gasteiger partial charge in [-0.25, -0.2) is 0 Å². The molecule has 0 heterocycles. The SMILES string of the molecule is CC(C)C[C@H]1CC[C@H](OC(C)C)CC1. The predicted octanol–water partition coefficient (Wildman–Crippen LogP) is 4.02. The Hall–Kier alpha value is -0.0400. The molecule has 1 nitrogen and oxygen atoms in total. The van der Waals surface area contributed by atoms with Crippen LogP contribution in [0.15, 0.2) is 0 Å². The normalized spacial score (nSPS) is 28.7. The second kappa shape index (κ2) is 5.75. The van der Waals surface area contributed by atoms with Crippen LogP contribution in [0.5, 0.6) is 0 Å². The Morgan fingerprint density at radius 3 is 2.00 bits per heavy atom. The molecule has 1 fully saturated rings. The van der Waals surface area contributed by atoms with Gasteiger partial charge in [0.05, 0.1) is 12.2 Å². The molecular weight excluding hydrogens is 172 g/mol. The van der Waals surface area contributed by atoms with Gasteiger partial charge in [-0.2, -0.15) is 0 Å². The molecule has 0 saturated heterocycles. The first kappa shape index (κ1) is 12.0. The van der Waals surface area contributed by atoms with Crippen LogP contribution < -0.4 is 0 Å². The summed E-state index contributed by atoms with van der Waals surface area (Å²) in [5.41, 5.74) is 0. The van der Waals surface area contributed by atoms with Crippen molar-refractivity contribution in [3.05, 3.63) is 0 Å². The zero-order valence-corrected chi connectivity index (χ0v) is 10.3. The summed E-state index contributed by atoms with van der Waals surface area (Å²) >= 11 is 0. The van der Waals surface area contributed by atoms with Gasteiger partial charge in [-0.05, 0) is 57.8 Å². The largest absolute Gasteiger partial charge is 0.376 e. The summed E-state index contributed by atoms with van der Waals surface area (Å²) in [6, 6.07) is 0. The van der Waals surface area contributed by atoms with Crippen LogP contribution in [0.3, 0.4) is 0 Å². The third-order valence-corrected chi connectivity index (χ3v) is 3.06. The molecular formula is C13H26O. The first-order chi connectivity index (χ1) is 6.58. The van der Waals surface area contributed by atoms with E-state index in [4.69, 9.17) is 4.74 Å². The summed E-state index contributed by atoms with van der Waals surface area (Å²) in [4.78, 5) is 0. The third kappa shape index (κ3) is 4.45. The summed E-state index contributed by atoms with van der Waals surface area (Å²) in [5, 5.41) is 0. The zero-order chi connectivity index (χ0) is 10.6. The van der Waals surface area contributed by atoms with Gasteiger partial charge < -0.3 is 4.74 Å². The maximum absolute atomic E-state index is 5.84. The van der Waals surface area contributed by atoms with E-state index in [1.165, 1.54) is 32.1 Å². The van der Waals surface area contributed by atoms with Gasteiger partial charge in [-0.3, -0.25) is 0 Å². The van der Waals surface area contributed by atoms with Crippen LogP contribution in [0, 0.1) is 11.8 Å². The van der Waals surface area contributed by atoms with Crippen LogP contribution in [0.1, 0.15) is 59.8 Å². The summed E-state index contributed by atoms with van der Waals surface area (Å²) in [6.07, 6.45) is 7.71. The summed E-state index contributed by atoms with van der Waals surface area (Å²) in [7, 11) is 0. The minimum absolute atomic E-state index is 0.404. The molecule has 1 aliphatic rings. The number of hydrogen-bond donors (Lipinski definition) is 0. The molecule has 0 unspecified atom stereocenters.